The van der Waals surface area contributed by atoms with Gasteiger partial charge in [0.05, 0.1) is 6.61 Å². The molecule has 4 nitrogen and oxygen atoms in total. The Morgan fingerprint density at radius 3 is 2.85 bits per heavy atom. The third-order valence-corrected chi connectivity index (χ3v) is 3.66. The van der Waals surface area contributed by atoms with E-state index in [1.165, 1.54) is 22.3 Å². The Hall–Kier alpha value is -1.75. The predicted molar refractivity (Wildman–Crippen MR) is 83.5 cm³/mol. The van der Waals surface area contributed by atoms with Crippen molar-refractivity contribution >= 4 is 17.6 Å². The summed E-state index contributed by atoms with van der Waals surface area (Å²) in [7, 11) is 0. The first kappa shape index (κ1) is 14.7. The molecule has 1 aromatic carbocycles. The molecule has 0 radical (unpaired) electrons. The van der Waals surface area contributed by atoms with Crippen molar-refractivity contribution in [1.82, 2.24) is 9.97 Å². The topological polar surface area (TPSA) is 47.0 Å². The first-order chi connectivity index (χ1) is 9.72. The number of rotatable bonds is 6. The van der Waals surface area contributed by atoms with Crippen LogP contribution in [-0.4, -0.2) is 22.8 Å². The molecule has 0 atom stereocenters. The van der Waals surface area contributed by atoms with Crippen LogP contribution < -0.4 is 10.1 Å². The van der Waals surface area contributed by atoms with Gasteiger partial charge in [-0.05, 0) is 37.3 Å². The fourth-order valence-electron chi connectivity index (χ4n) is 1.85. The van der Waals surface area contributed by atoms with Crippen LogP contribution in [0.25, 0.3) is 0 Å². The molecule has 106 valence electrons. The van der Waals surface area contributed by atoms with Crippen LogP contribution in [0.5, 0.6) is 5.88 Å². The average molecular weight is 289 g/mol. The second kappa shape index (κ2) is 7.14. The number of ether oxygens (including phenoxy) is 1. The Kier molecular flexibility index (Phi) is 5.24. The Labute approximate surface area is 124 Å². The molecule has 2 rings (SSSR count). The molecule has 0 bridgehead atoms. The lowest BCUT2D eigenvalue weighted by Gasteiger charge is -2.11. The van der Waals surface area contributed by atoms with Gasteiger partial charge in [0.2, 0.25) is 5.88 Å². The average Bonchev–Trinajstić information content (AvgIpc) is 2.46. The van der Waals surface area contributed by atoms with Gasteiger partial charge in [-0.3, -0.25) is 0 Å². The summed E-state index contributed by atoms with van der Waals surface area (Å²) >= 11 is 1.76. The van der Waals surface area contributed by atoms with Crippen LogP contribution in [0.3, 0.4) is 0 Å². The molecule has 20 heavy (non-hydrogen) atoms. The van der Waals surface area contributed by atoms with E-state index in [-0.39, 0.29) is 0 Å². The largest absolute Gasteiger partial charge is 0.478 e. The van der Waals surface area contributed by atoms with Crippen LogP contribution in [0.4, 0.5) is 5.82 Å². The second-order valence-corrected chi connectivity index (χ2v) is 5.19. The highest BCUT2D eigenvalue weighted by Crippen LogP contribution is 2.22. The SMILES string of the molecule is CCOc1cc(NCc2ccc(C)cc2SC)ncn1. The minimum absolute atomic E-state index is 0.596. The first-order valence-corrected chi connectivity index (χ1v) is 7.77. The summed E-state index contributed by atoms with van der Waals surface area (Å²) in [6, 6.07) is 8.30. The molecule has 1 N–H and O–H groups in total. The van der Waals surface area contributed by atoms with Crippen molar-refractivity contribution < 1.29 is 4.74 Å². The maximum atomic E-state index is 5.36. The zero-order chi connectivity index (χ0) is 14.4. The smallest absolute Gasteiger partial charge is 0.218 e. The molecule has 5 heteroatoms. The van der Waals surface area contributed by atoms with E-state index in [4.69, 9.17) is 4.74 Å². The van der Waals surface area contributed by atoms with Crippen molar-refractivity contribution in [3.63, 3.8) is 0 Å². The van der Waals surface area contributed by atoms with E-state index >= 15 is 0 Å². The van der Waals surface area contributed by atoms with Crippen molar-refractivity contribution in [1.29, 1.82) is 0 Å². The standard InChI is InChI=1S/C15H19N3OS/c1-4-19-15-8-14(17-10-18-15)16-9-12-6-5-11(2)7-13(12)20-3/h5-8,10H,4,9H2,1-3H3,(H,16,17,18). The van der Waals surface area contributed by atoms with E-state index in [0.717, 1.165) is 12.4 Å². The molecule has 0 saturated heterocycles. The lowest BCUT2D eigenvalue weighted by Crippen LogP contribution is -2.04. The van der Waals surface area contributed by atoms with Gasteiger partial charge in [-0.2, -0.15) is 0 Å². The van der Waals surface area contributed by atoms with Gasteiger partial charge in [0.1, 0.15) is 12.1 Å². The summed E-state index contributed by atoms with van der Waals surface area (Å²) in [6.45, 7) is 5.38. The van der Waals surface area contributed by atoms with Crippen molar-refractivity contribution in [2.24, 2.45) is 0 Å². The summed E-state index contributed by atoms with van der Waals surface area (Å²) in [5, 5.41) is 3.31. The van der Waals surface area contributed by atoms with Gasteiger partial charge in [0, 0.05) is 17.5 Å². The van der Waals surface area contributed by atoms with Crippen LogP contribution in [-0.2, 0) is 6.54 Å². The molecule has 1 aromatic heterocycles. The molecular weight excluding hydrogens is 270 g/mol. The Morgan fingerprint density at radius 1 is 1.25 bits per heavy atom. The number of aryl methyl sites for hydroxylation is 1. The van der Waals surface area contributed by atoms with E-state index in [0.29, 0.717) is 12.5 Å². The number of nitrogens with zero attached hydrogens (tertiary/aromatic N) is 2. The molecule has 0 spiro atoms. The zero-order valence-electron chi connectivity index (χ0n) is 12.0. The molecule has 2 aromatic rings. The quantitative estimate of drug-likeness (QED) is 0.824. The van der Waals surface area contributed by atoms with Crippen LogP contribution >= 0.6 is 11.8 Å². The minimum Gasteiger partial charge on any atom is -0.478 e. The van der Waals surface area contributed by atoms with Crippen molar-refractivity contribution in [2.75, 3.05) is 18.2 Å². The Bertz CT molecular complexity index is 575. The van der Waals surface area contributed by atoms with Crippen LogP contribution in [0.1, 0.15) is 18.1 Å². The normalized spacial score (nSPS) is 10.3. The van der Waals surface area contributed by atoms with Gasteiger partial charge in [-0.25, -0.2) is 9.97 Å². The van der Waals surface area contributed by atoms with Crippen molar-refractivity contribution in [3.05, 3.63) is 41.7 Å². The number of benzene rings is 1. The van der Waals surface area contributed by atoms with E-state index in [1.807, 2.05) is 13.0 Å². The molecule has 0 amide bonds. The van der Waals surface area contributed by atoms with Gasteiger partial charge in [-0.1, -0.05) is 12.1 Å². The summed E-state index contributed by atoms with van der Waals surface area (Å²) in [4.78, 5) is 9.54. The first-order valence-electron chi connectivity index (χ1n) is 6.55. The monoisotopic (exact) mass is 289 g/mol. The number of anilines is 1. The van der Waals surface area contributed by atoms with E-state index in [2.05, 4.69) is 46.7 Å². The maximum Gasteiger partial charge on any atom is 0.218 e. The number of thioether (sulfide) groups is 1. The lowest BCUT2D eigenvalue weighted by molar-refractivity contribution is 0.326. The third-order valence-electron chi connectivity index (χ3n) is 2.84. The molecule has 0 aliphatic heterocycles. The highest BCUT2D eigenvalue weighted by atomic mass is 32.2. The summed E-state index contributed by atoms with van der Waals surface area (Å²) in [6.07, 6.45) is 3.61. The minimum atomic E-state index is 0.596. The summed E-state index contributed by atoms with van der Waals surface area (Å²) in [5.41, 5.74) is 2.54. The maximum absolute atomic E-state index is 5.36. The fraction of sp³-hybridized carbons (Fsp3) is 0.333. The zero-order valence-corrected chi connectivity index (χ0v) is 12.8. The number of aromatic nitrogens is 2. The summed E-state index contributed by atoms with van der Waals surface area (Å²) in [5.74, 6) is 1.37. The van der Waals surface area contributed by atoms with Crippen LogP contribution in [0.15, 0.2) is 35.5 Å². The molecule has 0 unspecified atom stereocenters. The molecule has 0 aliphatic rings. The molecule has 0 fully saturated rings. The second-order valence-electron chi connectivity index (χ2n) is 4.34. The van der Waals surface area contributed by atoms with E-state index < -0.39 is 0 Å². The van der Waals surface area contributed by atoms with Crippen molar-refractivity contribution in [2.45, 2.75) is 25.3 Å². The molecule has 0 saturated carbocycles. The van der Waals surface area contributed by atoms with Gasteiger partial charge < -0.3 is 10.1 Å². The number of nitrogens with one attached hydrogen (secondary N) is 1. The Morgan fingerprint density at radius 2 is 2.10 bits per heavy atom. The van der Waals surface area contributed by atoms with Gasteiger partial charge in [0.25, 0.3) is 0 Å². The van der Waals surface area contributed by atoms with Crippen LogP contribution in [0, 0.1) is 6.92 Å². The fourth-order valence-corrected chi connectivity index (χ4v) is 2.55. The summed E-state index contributed by atoms with van der Waals surface area (Å²) < 4.78 is 5.36. The molecule has 0 aliphatic carbocycles. The number of hydrogen-bond donors (Lipinski definition) is 1. The van der Waals surface area contributed by atoms with Crippen molar-refractivity contribution in [3.8, 4) is 5.88 Å². The van der Waals surface area contributed by atoms with E-state index in [9.17, 15) is 0 Å². The number of hydrogen-bond acceptors (Lipinski definition) is 5. The van der Waals surface area contributed by atoms with Gasteiger partial charge in [-0.15, -0.1) is 11.8 Å². The third kappa shape index (κ3) is 3.87. The van der Waals surface area contributed by atoms with E-state index in [1.54, 1.807) is 11.8 Å². The molecule has 1 heterocycles. The Balaban J connectivity index is 2.06. The van der Waals surface area contributed by atoms with Gasteiger partial charge in [0.15, 0.2) is 0 Å². The predicted octanol–water partition coefficient (Wildman–Crippen LogP) is 3.52. The highest BCUT2D eigenvalue weighted by molar-refractivity contribution is 7.98. The van der Waals surface area contributed by atoms with Crippen LogP contribution in [0.2, 0.25) is 0 Å². The molecular formula is C15H19N3OS. The highest BCUT2D eigenvalue weighted by Gasteiger charge is 2.03. The van der Waals surface area contributed by atoms with Gasteiger partial charge >= 0.3 is 0 Å². The lowest BCUT2D eigenvalue weighted by atomic mass is 10.1.